The van der Waals surface area contributed by atoms with E-state index in [0.29, 0.717) is 12.3 Å². The molecule has 0 saturated heterocycles. The molecule has 3 atom stereocenters. The van der Waals surface area contributed by atoms with Crippen LogP contribution < -0.4 is 0 Å². The fraction of sp³-hybridized carbons (Fsp3) is 0.933. The van der Waals surface area contributed by atoms with E-state index in [2.05, 4.69) is 13.8 Å². The predicted octanol–water partition coefficient (Wildman–Crippen LogP) is 3.30. The molecule has 1 aliphatic carbocycles. The molecule has 0 heterocycles. The quantitative estimate of drug-likeness (QED) is 0.768. The van der Waals surface area contributed by atoms with Gasteiger partial charge in [-0.05, 0) is 37.5 Å². The van der Waals surface area contributed by atoms with Crippen molar-refractivity contribution in [2.75, 3.05) is 0 Å². The minimum Gasteiger partial charge on any atom is -0.459 e. The van der Waals surface area contributed by atoms with E-state index >= 15 is 0 Å². The Balaban J connectivity index is 2.65. The second-order valence-corrected chi connectivity index (χ2v) is 6.11. The minimum atomic E-state index is -0.839. The van der Waals surface area contributed by atoms with Crippen molar-refractivity contribution in [2.45, 2.75) is 77.9 Å². The molecule has 1 aliphatic rings. The van der Waals surface area contributed by atoms with E-state index in [1.165, 1.54) is 0 Å². The standard InChI is InChI=1S/C15H28O3/c1-5-6-7-14(16)18-13-10-12(4)8-9-15(13,17)11(2)3/h11-13,17H,5-10H2,1-4H3. The Morgan fingerprint density at radius 1 is 1.50 bits per heavy atom. The zero-order valence-electron chi connectivity index (χ0n) is 12.2. The van der Waals surface area contributed by atoms with Gasteiger partial charge in [0.1, 0.15) is 11.7 Å². The summed E-state index contributed by atoms with van der Waals surface area (Å²) >= 11 is 0. The Labute approximate surface area is 111 Å². The summed E-state index contributed by atoms with van der Waals surface area (Å²) in [6.45, 7) is 8.22. The third kappa shape index (κ3) is 3.71. The Kier molecular flexibility index (Phi) is 5.64. The first kappa shape index (κ1) is 15.5. The first-order chi connectivity index (χ1) is 8.40. The normalized spacial score (nSPS) is 32.6. The van der Waals surface area contributed by atoms with Crippen molar-refractivity contribution in [1.29, 1.82) is 0 Å². The number of hydrogen-bond acceptors (Lipinski definition) is 3. The first-order valence-electron chi connectivity index (χ1n) is 7.32. The third-order valence-electron chi connectivity index (χ3n) is 4.22. The molecule has 0 aromatic carbocycles. The molecule has 1 fully saturated rings. The molecule has 0 aromatic rings. The number of unbranched alkanes of at least 4 members (excludes halogenated alkanes) is 1. The number of rotatable bonds is 5. The lowest BCUT2D eigenvalue weighted by molar-refractivity contribution is -0.183. The maximum Gasteiger partial charge on any atom is 0.306 e. The van der Waals surface area contributed by atoms with Gasteiger partial charge < -0.3 is 9.84 Å². The molecular weight excluding hydrogens is 228 g/mol. The molecule has 0 amide bonds. The van der Waals surface area contributed by atoms with Crippen molar-refractivity contribution >= 4 is 5.97 Å². The molecule has 0 spiro atoms. The van der Waals surface area contributed by atoms with E-state index in [1.807, 2.05) is 13.8 Å². The summed E-state index contributed by atoms with van der Waals surface area (Å²) in [7, 11) is 0. The molecule has 1 rings (SSSR count). The summed E-state index contributed by atoms with van der Waals surface area (Å²) in [4.78, 5) is 11.8. The van der Waals surface area contributed by atoms with E-state index in [9.17, 15) is 9.90 Å². The van der Waals surface area contributed by atoms with Crippen molar-refractivity contribution in [1.82, 2.24) is 0 Å². The number of esters is 1. The molecule has 3 unspecified atom stereocenters. The van der Waals surface area contributed by atoms with Gasteiger partial charge in [0.25, 0.3) is 0 Å². The largest absolute Gasteiger partial charge is 0.459 e. The van der Waals surface area contributed by atoms with E-state index in [4.69, 9.17) is 4.74 Å². The van der Waals surface area contributed by atoms with E-state index in [0.717, 1.165) is 32.1 Å². The van der Waals surface area contributed by atoms with Gasteiger partial charge in [0, 0.05) is 6.42 Å². The summed E-state index contributed by atoms with van der Waals surface area (Å²) in [5.74, 6) is 0.483. The van der Waals surface area contributed by atoms with Gasteiger partial charge in [-0.15, -0.1) is 0 Å². The van der Waals surface area contributed by atoms with Gasteiger partial charge in [-0.1, -0.05) is 34.1 Å². The van der Waals surface area contributed by atoms with Gasteiger partial charge in [-0.25, -0.2) is 0 Å². The number of carbonyl (C=O) groups excluding carboxylic acids is 1. The average Bonchev–Trinajstić information content (AvgIpc) is 2.31. The van der Waals surface area contributed by atoms with Crippen LogP contribution in [0.25, 0.3) is 0 Å². The molecule has 1 N–H and O–H groups in total. The maximum atomic E-state index is 11.8. The highest BCUT2D eigenvalue weighted by molar-refractivity contribution is 5.69. The monoisotopic (exact) mass is 256 g/mol. The van der Waals surface area contributed by atoms with E-state index in [1.54, 1.807) is 0 Å². The highest BCUT2D eigenvalue weighted by Crippen LogP contribution is 2.39. The lowest BCUT2D eigenvalue weighted by Crippen LogP contribution is -2.52. The average molecular weight is 256 g/mol. The highest BCUT2D eigenvalue weighted by Gasteiger charge is 2.45. The molecular formula is C15H28O3. The fourth-order valence-electron chi connectivity index (χ4n) is 2.68. The van der Waals surface area contributed by atoms with E-state index in [-0.39, 0.29) is 18.0 Å². The van der Waals surface area contributed by atoms with Crippen LogP contribution in [-0.2, 0) is 9.53 Å². The molecule has 0 bridgehead atoms. The van der Waals surface area contributed by atoms with Crippen LogP contribution in [0.4, 0.5) is 0 Å². The number of aliphatic hydroxyl groups is 1. The lowest BCUT2D eigenvalue weighted by Gasteiger charge is -2.44. The van der Waals surface area contributed by atoms with Gasteiger partial charge in [-0.3, -0.25) is 4.79 Å². The first-order valence-corrected chi connectivity index (χ1v) is 7.32. The molecule has 0 radical (unpaired) electrons. The third-order valence-corrected chi connectivity index (χ3v) is 4.22. The maximum absolute atomic E-state index is 11.8. The molecule has 106 valence electrons. The van der Waals surface area contributed by atoms with Gasteiger partial charge in [0.15, 0.2) is 0 Å². The molecule has 0 aromatic heterocycles. The van der Waals surface area contributed by atoms with Gasteiger partial charge in [0.05, 0.1) is 0 Å². The predicted molar refractivity (Wildman–Crippen MR) is 72.2 cm³/mol. The van der Waals surface area contributed by atoms with Crippen LogP contribution in [0.5, 0.6) is 0 Å². The van der Waals surface area contributed by atoms with Crippen molar-refractivity contribution in [3.8, 4) is 0 Å². The van der Waals surface area contributed by atoms with Gasteiger partial charge in [-0.2, -0.15) is 0 Å². The Bertz CT molecular complexity index is 275. The Hall–Kier alpha value is -0.570. The van der Waals surface area contributed by atoms with Crippen LogP contribution >= 0.6 is 0 Å². The minimum absolute atomic E-state index is 0.119. The van der Waals surface area contributed by atoms with Crippen molar-refractivity contribution in [3.05, 3.63) is 0 Å². The van der Waals surface area contributed by atoms with Crippen molar-refractivity contribution in [3.63, 3.8) is 0 Å². The van der Waals surface area contributed by atoms with Crippen molar-refractivity contribution < 1.29 is 14.6 Å². The SMILES string of the molecule is CCCCC(=O)OC1CC(C)CCC1(O)C(C)C. The lowest BCUT2D eigenvalue weighted by atomic mass is 9.71. The molecule has 0 aliphatic heterocycles. The zero-order chi connectivity index (χ0) is 13.8. The summed E-state index contributed by atoms with van der Waals surface area (Å²) in [6, 6.07) is 0. The molecule has 3 nitrogen and oxygen atoms in total. The van der Waals surface area contributed by atoms with Crippen LogP contribution in [0.1, 0.15) is 66.2 Å². The molecule has 3 heteroatoms. The Morgan fingerprint density at radius 2 is 2.17 bits per heavy atom. The summed E-state index contributed by atoms with van der Waals surface area (Å²) in [5, 5.41) is 10.7. The van der Waals surface area contributed by atoms with Crippen LogP contribution in [-0.4, -0.2) is 22.8 Å². The van der Waals surface area contributed by atoms with Crippen LogP contribution in [0.2, 0.25) is 0 Å². The molecule has 18 heavy (non-hydrogen) atoms. The second-order valence-electron chi connectivity index (χ2n) is 6.11. The van der Waals surface area contributed by atoms with Gasteiger partial charge >= 0.3 is 5.97 Å². The fourth-order valence-corrected chi connectivity index (χ4v) is 2.68. The smallest absolute Gasteiger partial charge is 0.306 e. The van der Waals surface area contributed by atoms with E-state index < -0.39 is 5.60 Å². The van der Waals surface area contributed by atoms with Crippen LogP contribution in [0.3, 0.4) is 0 Å². The molecule has 1 saturated carbocycles. The van der Waals surface area contributed by atoms with Crippen molar-refractivity contribution in [2.24, 2.45) is 11.8 Å². The Morgan fingerprint density at radius 3 is 2.72 bits per heavy atom. The number of ether oxygens (including phenoxy) is 1. The highest BCUT2D eigenvalue weighted by atomic mass is 16.6. The summed E-state index contributed by atoms with van der Waals surface area (Å²) in [5.41, 5.74) is -0.839. The van der Waals surface area contributed by atoms with Crippen LogP contribution in [0, 0.1) is 11.8 Å². The summed E-state index contributed by atoms with van der Waals surface area (Å²) < 4.78 is 5.55. The number of carbonyl (C=O) groups is 1. The van der Waals surface area contributed by atoms with Crippen LogP contribution in [0.15, 0.2) is 0 Å². The topological polar surface area (TPSA) is 46.5 Å². The van der Waals surface area contributed by atoms with Gasteiger partial charge in [0.2, 0.25) is 0 Å². The zero-order valence-corrected chi connectivity index (χ0v) is 12.2. The second kappa shape index (κ2) is 6.55. The number of hydrogen-bond donors (Lipinski definition) is 1. The summed E-state index contributed by atoms with van der Waals surface area (Å²) in [6.07, 6.45) is 4.52.